The summed E-state index contributed by atoms with van der Waals surface area (Å²) in [5, 5.41) is 11.4. The normalized spacial score (nSPS) is 25.9. The van der Waals surface area contributed by atoms with E-state index in [2.05, 4.69) is 42.4 Å². The molecule has 2 aromatic rings. The molecule has 2 fully saturated rings. The second-order valence-corrected chi connectivity index (χ2v) is 6.26. The minimum absolute atomic E-state index is 0.654. The fraction of sp³-hybridized carbons (Fsp3) is 0.600. The second kappa shape index (κ2) is 6.00. The quantitative estimate of drug-likeness (QED) is 0.830. The van der Waals surface area contributed by atoms with Crippen molar-refractivity contribution in [3.63, 3.8) is 0 Å². The van der Waals surface area contributed by atoms with E-state index in [0.29, 0.717) is 12.0 Å². The van der Waals surface area contributed by atoms with Gasteiger partial charge in [0.05, 0.1) is 0 Å². The zero-order valence-corrected chi connectivity index (χ0v) is 12.6. The van der Waals surface area contributed by atoms with Crippen LogP contribution in [-0.2, 0) is 6.54 Å². The number of anilines is 1. The molecule has 0 aromatic carbocycles. The Bertz CT molecular complexity index is 585. The predicted octanol–water partition coefficient (Wildman–Crippen LogP) is 0.669. The van der Waals surface area contributed by atoms with Crippen LogP contribution in [0.1, 0.15) is 12.8 Å². The lowest BCUT2D eigenvalue weighted by Crippen LogP contribution is -2.57. The number of hydrogen-bond acceptors (Lipinski definition) is 6. The molecule has 0 aliphatic carbocycles. The molecule has 0 spiro atoms. The van der Waals surface area contributed by atoms with Crippen molar-refractivity contribution in [1.82, 2.24) is 30.1 Å². The first-order valence-corrected chi connectivity index (χ1v) is 7.99. The zero-order valence-electron chi connectivity index (χ0n) is 12.6. The van der Waals surface area contributed by atoms with Crippen LogP contribution in [0.3, 0.4) is 0 Å². The van der Waals surface area contributed by atoms with Gasteiger partial charge in [0, 0.05) is 45.0 Å². The Morgan fingerprint density at radius 2 is 2.14 bits per heavy atom. The van der Waals surface area contributed by atoms with Gasteiger partial charge in [-0.05, 0) is 41.3 Å². The maximum Gasteiger partial charge on any atom is 0.138 e. The highest BCUT2D eigenvalue weighted by molar-refractivity contribution is 5.38. The van der Waals surface area contributed by atoms with Gasteiger partial charge in [0.15, 0.2) is 0 Å². The van der Waals surface area contributed by atoms with E-state index in [4.69, 9.17) is 0 Å². The predicted molar refractivity (Wildman–Crippen MR) is 82.4 cm³/mol. The third kappa shape index (κ3) is 2.81. The minimum Gasteiger partial charge on any atom is -0.354 e. The molecule has 0 bridgehead atoms. The maximum absolute atomic E-state index is 4.49. The summed E-state index contributed by atoms with van der Waals surface area (Å²) in [7, 11) is 0. The largest absolute Gasteiger partial charge is 0.354 e. The summed E-state index contributed by atoms with van der Waals surface area (Å²) < 4.78 is 1.86. The van der Waals surface area contributed by atoms with E-state index in [1.165, 1.54) is 12.8 Å². The standard InChI is InChI=1S/C15H21N7/c1-2-6-16-15(3-1)21-8-7-20-9-13(4-5-14(20)11-21)10-22-12-17-18-19-22/h1-3,6,12-14H,4-5,7-11H2/t13-,14-/m0/s1. The van der Waals surface area contributed by atoms with Crippen LogP contribution in [0.15, 0.2) is 30.7 Å². The Kier molecular flexibility index (Phi) is 3.72. The Hall–Kier alpha value is -2.02. The number of pyridine rings is 1. The Labute approximate surface area is 129 Å². The van der Waals surface area contributed by atoms with Crippen molar-refractivity contribution >= 4 is 5.82 Å². The minimum atomic E-state index is 0.654. The fourth-order valence-electron chi connectivity index (χ4n) is 3.68. The summed E-state index contributed by atoms with van der Waals surface area (Å²) in [6.45, 7) is 5.35. The van der Waals surface area contributed by atoms with Gasteiger partial charge >= 0.3 is 0 Å². The van der Waals surface area contributed by atoms with Gasteiger partial charge in [-0.1, -0.05) is 6.07 Å². The van der Waals surface area contributed by atoms with Gasteiger partial charge in [-0.25, -0.2) is 9.67 Å². The van der Waals surface area contributed by atoms with Crippen LogP contribution in [0.5, 0.6) is 0 Å². The zero-order chi connectivity index (χ0) is 14.8. The third-order valence-corrected chi connectivity index (χ3v) is 4.82. The summed E-state index contributed by atoms with van der Waals surface area (Å²) in [5.74, 6) is 1.76. The molecule has 2 saturated heterocycles. The number of aromatic nitrogens is 5. The van der Waals surface area contributed by atoms with E-state index in [1.807, 2.05) is 16.9 Å². The average molecular weight is 299 g/mol. The number of fused-ring (bicyclic) bond motifs is 1. The van der Waals surface area contributed by atoms with E-state index in [0.717, 1.165) is 38.5 Å². The molecule has 2 aliphatic heterocycles. The molecule has 0 saturated carbocycles. The summed E-state index contributed by atoms with van der Waals surface area (Å²) in [6, 6.07) is 6.81. The van der Waals surface area contributed by atoms with Crippen LogP contribution in [0, 0.1) is 5.92 Å². The average Bonchev–Trinajstić information content (AvgIpc) is 3.08. The first kappa shape index (κ1) is 13.6. The molecule has 7 heteroatoms. The van der Waals surface area contributed by atoms with E-state index < -0.39 is 0 Å². The van der Waals surface area contributed by atoms with Crippen molar-refractivity contribution in [2.24, 2.45) is 5.92 Å². The number of piperidine rings is 1. The molecule has 4 rings (SSSR count). The van der Waals surface area contributed by atoms with Crippen LogP contribution in [0.25, 0.3) is 0 Å². The van der Waals surface area contributed by atoms with Crippen LogP contribution < -0.4 is 4.90 Å². The first-order chi connectivity index (χ1) is 10.9. The lowest BCUT2D eigenvalue weighted by molar-refractivity contribution is 0.0868. The van der Waals surface area contributed by atoms with Gasteiger partial charge < -0.3 is 4.90 Å². The molecule has 22 heavy (non-hydrogen) atoms. The molecule has 2 aromatic heterocycles. The molecule has 116 valence electrons. The van der Waals surface area contributed by atoms with Gasteiger partial charge in [-0.2, -0.15) is 0 Å². The van der Waals surface area contributed by atoms with Crippen LogP contribution in [0.4, 0.5) is 5.82 Å². The molecule has 0 unspecified atom stereocenters. The SMILES string of the molecule is c1ccc(N2CCN3C[C@@H](Cn4cnnn4)CC[C@H]3C2)nc1. The summed E-state index contributed by atoms with van der Waals surface area (Å²) in [6.07, 6.45) is 6.09. The maximum atomic E-state index is 4.49. The monoisotopic (exact) mass is 299 g/mol. The van der Waals surface area contributed by atoms with Crippen LogP contribution in [-0.4, -0.2) is 62.3 Å². The fourth-order valence-corrected chi connectivity index (χ4v) is 3.68. The number of hydrogen-bond donors (Lipinski definition) is 0. The summed E-state index contributed by atoms with van der Waals surface area (Å²) in [4.78, 5) is 9.54. The van der Waals surface area contributed by atoms with Crippen molar-refractivity contribution in [1.29, 1.82) is 0 Å². The van der Waals surface area contributed by atoms with Crippen LogP contribution in [0.2, 0.25) is 0 Å². The lowest BCUT2D eigenvalue weighted by atomic mass is 9.91. The second-order valence-electron chi connectivity index (χ2n) is 6.26. The number of tetrazole rings is 1. The van der Waals surface area contributed by atoms with Gasteiger partial charge in [0.1, 0.15) is 12.1 Å². The summed E-state index contributed by atoms with van der Waals surface area (Å²) >= 11 is 0. The highest BCUT2D eigenvalue weighted by atomic mass is 15.5. The number of nitrogens with zero attached hydrogens (tertiary/aromatic N) is 7. The lowest BCUT2D eigenvalue weighted by Gasteiger charge is -2.46. The van der Waals surface area contributed by atoms with Crippen molar-refractivity contribution in [3.8, 4) is 0 Å². The molecular weight excluding hydrogens is 278 g/mol. The summed E-state index contributed by atoms with van der Waals surface area (Å²) in [5.41, 5.74) is 0. The number of rotatable bonds is 3. The molecule has 2 atom stereocenters. The van der Waals surface area contributed by atoms with Gasteiger partial charge in [0.2, 0.25) is 0 Å². The van der Waals surface area contributed by atoms with Crippen molar-refractivity contribution in [3.05, 3.63) is 30.7 Å². The van der Waals surface area contributed by atoms with Gasteiger partial charge in [-0.3, -0.25) is 4.90 Å². The van der Waals surface area contributed by atoms with E-state index in [-0.39, 0.29) is 0 Å². The van der Waals surface area contributed by atoms with Crippen LogP contribution >= 0.6 is 0 Å². The van der Waals surface area contributed by atoms with Gasteiger partial charge in [-0.15, -0.1) is 5.10 Å². The third-order valence-electron chi connectivity index (χ3n) is 4.82. The van der Waals surface area contributed by atoms with Gasteiger partial charge in [0.25, 0.3) is 0 Å². The molecular formula is C15H21N7. The smallest absolute Gasteiger partial charge is 0.138 e. The molecule has 2 aliphatic rings. The molecule has 0 radical (unpaired) electrons. The molecule has 0 amide bonds. The molecule has 7 nitrogen and oxygen atoms in total. The van der Waals surface area contributed by atoms with E-state index >= 15 is 0 Å². The van der Waals surface area contributed by atoms with Crippen molar-refractivity contribution < 1.29 is 0 Å². The first-order valence-electron chi connectivity index (χ1n) is 7.99. The highest BCUT2D eigenvalue weighted by Crippen LogP contribution is 2.27. The Balaban J connectivity index is 1.36. The van der Waals surface area contributed by atoms with Crippen molar-refractivity contribution in [2.75, 3.05) is 31.1 Å². The highest BCUT2D eigenvalue weighted by Gasteiger charge is 2.33. The van der Waals surface area contributed by atoms with E-state index in [1.54, 1.807) is 6.33 Å². The number of piperazine rings is 1. The van der Waals surface area contributed by atoms with E-state index in [9.17, 15) is 0 Å². The van der Waals surface area contributed by atoms with Crippen molar-refractivity contribution in [2.45, 2.75) is 25.4 Å². The Morgan fingerprint density at radius 1 is 1.14 bits per heavy atom. The topological polar surface area (TPSA) is 63.0 Å². The Morgan fingerprint density at radius 3 is 2.95 bits per heavy atom. The molecule has 0 N–H and O–H groups in total. The molecule has 4 heterocycles.